The molecule has 2 aromatic carbocycles. The minimum absolute atomic E-state index is 0.271. The SMILES string of the molecule is N#Cc1cc(Br)ccc1Nc1cc(Br)c(F)cc1N. The van der Waals surface area contributed by atoms with Crippen molar-refractivity contribution in [2.24, 2.45) is 0 Å². The van der Waals surface area contributed by atoms with Crippen molar-refractivity contribution in [3.8, 4) is 6.07 Å². The van der Waals surface area contributed by atoms with Crippen LogP contribution < -0.4 is 11.1 Å². The van der Waals surface area contributed by atoms with Crippen LogP contribution in [0.15, 0.2) is 39.3 Å². The van der Waals surface area contributed by atoms with Gasteiger partial charge in [0, 0.05) is 10.5 Å². The van der Waals surface area contributed by atoms with Gasteiger partial charge in [-0.25, -0.2) is 4.39 Å². The molecule has 0 bridgehead atoms. The molecule has 0 saturated carbocycles. The topological polar surface area (TPSA) is 61.8 Å². The van der Waals surface area contributed by atoms with E-state index >= 15 is 0 Å². The summed E-state index contributed by atoms with van der Waals surface area (Å²) in [4.78, 5) is 0. The van der Waals surface area contributed by atoms with E-state index in [9.17, 15) is 4.39 Å². The number of halogens is 3. The Hall–Kier alpha value is -1.58. The second-order valence-electron chi connectivity index (χ2n) is 3.78. The molecule has 19 heavy (non-hydrogen) atoms. The average Bonchev–Trinajstić information content (AvgIpc) is 2.37. The molecule has 2 rings (SSSR count). The van der Waals surface area contributed by atoms with Gasteiger partial charge in [-0.1, -0.05) is 15.9 Å². The lowest BCUT2D eigenvalue weighted by atomic mass is 10.2. The van der Waals surface area contributed by atoms with Gasteiger partial charge in [0.2, 0.25) is 0 Å². The third kappa shape index (κ3) is 3.06. The molecule has 96 valence electrons. The summed E-state index contributed by atoms with van der Waals surface area (Å²) in [5, 5.41) is 12.1. The molecule has 0 radical (unpaired) electrons. The highest BCUT2D eigenvalue weighted by atomic mass is 79.9. The summed E-state index contributed by atoms with van der Waals surface area (Å²) in [6, 6.07) is 10.1. The monoisotopic (exact) mass is 383 g/mol. The first kappa shape index (κ1) is 13.8. The molecule has 0 aromatic heterocycles. The second-order valence-corrected chi connectivity index (χ2v) is 5.55. The summed E-state index contributed by atoms with van der Waals surface area (Å²) < 4.78 is 14.4. The number of hydrogen-bond acceptors (Lipinski definition) is 3. The van der Waals surface area contributed by atoms with Crippen molar-refractivity contribution in [2.75, 3.05) is 11.1 Å². The molecule has 3 nitrogen and oxygen atoms in total. The molecule has 0 saturated heterocycles. The maximum absolute atomic E-state index is 13.3. The number of hydrogen-bond donors (Lipinski definition) is 2. The van der Waals surface area contributed by atoms with Crippen molar-refractivity contribution >= 4 is 48.9 Å². The summed E-state index contributed by atoms with van der Waals surface area (Å²) in [5.74, 6) is -0.431. The van der Waals surface area contributed by atoms with Gasteiger partial charge in [0.1, 0.15) is 11.9 Å². The van der Waals surface area contributed by atoms with Crippen LogP contribution in [-0.4, -0.2) is 0 Å². The van der Waals surface area contributed by atoms with Crippen molar-refractivity contribution in [3.63, 3.8) is 0 Å². The van der Waals surface area contributed by atoms with Gasteiger partial charge in [0.15, 0.2) is 0 Å². The van der Waals surface area contributed by atoms with E-state index < -0.39 is 5.82 Å². The fourth-order valence-corrected chi connectivity index (χ4v) is 2.24. The molecular weight excluding hydrogens is 377 g/mol. The first-order valence-electron chi connectivity index (χ1n) is 5.22. The standard InChI is InChI=1S/C13H8Br2FN3/c14-8-1-2-12(7(3-8)6-17)19-13-4-9(15)10(16)5-11(13)18/h1-5,19H,18H2. The summed E-state index contributed by atoms with van der Waals surface area (Å²) in [6.45, 7) is 0. The molecule has 0 spiro atoms. The largest absolute Gasteiger partial charge is 0.397 e. The van der Waals surface area contributed by atoms with Crippen LogP contribution in [0.25, 0.3) is 0 Å². The van der Waals surface area contributed by atoms with Crippen molar-refractivity contribution in [2.45, 2.75) is 0 Å². The highest BCUT2D eigenvalue weighted by Gasteiger charge is 2.08. The first-order chi connectivity index (χ1) is 9.01. The van der Waals surface area contributed by atoms with E-state index in [0.717, 1.165) is 4.47 Å². The predicted octanol–water partition coefficient (Wildman–Crippen LogP) is 4.55. The molecule has 3 N–H and O–H groups in total. The second kappa shape index (κ2) is 5.59. The molecular formula is C13H8Br2FN3. The fraction of sp³-hybridized carbons (Fsp3) is 0. The summed E-state index contributed by atoms with van der Waals surface area (Å²) >= 11 is 6.40. The maximum atomic E-state index is 13.3. The van der Waals surface area contributed by atoms with Gasteiger partial charge in [-0.15, -0.1) is 0 Å². The highest BCUT2D eigenvalue weighted by Crippen LogP contribution is 2.31. The number of nitrogens with two attached hydrogens (primary N) is 1. The van der Waals surface area contributed by atoms with Crippen LogP contribution in [0.1, 0.15) is 5.56 Å². The molecule has 0 atom stereocenters. The normalized spacial score (nSPS) is 10.0. The van der Waals surface area contributed by atoms with Gasteiger partial charge < -0.3 is 11.1 Å². The third-order valence-electron chi connectivity index (χ3n) is 2.46. The lowest BCUT2D eigenvalue weighted by Gasteiger charge is -2.12. The lowest BCUT2D eigenvalue weighted by molar-refractivity contribution is 0.622. The molecule has 0 amide bonds. The van der Waals surface area contributed by atoms with Crippen LogP contribution in [0.2, 0.25) is 0 Å². The van der Waals surface area contributed by atoms with Gasteiger partial charge in [-0.05, 0) is 40.2 Å². The van der Waals surface area contributed by atoms with Crippen LogP contribution in [0.4, 0.5) is 21.5 Å². The molecule has 6 heteroatoms. The summed E-state index contributed by atoms with van der Waals surface area (Å²) in [7, 11) is 0. The van der Waals surface area contributed by atoms with Gasteiger partial charge in [0.25, 0.3) is 0 Å². The van der Waals surface area contributed by atoms with E-state index in [4.69, 9.17) is 11.0 Å². The fourth-order valence-electron chi connectivity index (χ4n) is 1.53. The Morgan fingerprint density at radius 3 is 2.58 bits per heavy atom. The molecule has 0 fully saturated rings. The third-order valence-corrected chi connectivity index (χ3v) is 3.56. The minimum atomic E-state index is -0.431. The first-order valence-corrected chi connectivity index (χ1v) is 6.81. The van der Waals surface area contributed by atoms with Gasteiger partial charge in [-0.2, -0.15) is 5.26 Å². The maximum Gasteiger partial charge on any atom is 0.139 e. The number of nitrogens with zero attached hydrogens (tertiary/aromatic N) is 1. The van der Waals surface area contributed by atoms with E-state index in [1.54, 1.807) is 18.2 Å². The van der Waals surface area contributed by atoms with Crippen molar-refractivity contribution in [3.05, 3.63) is 50.7 Å². The van der Waals surface area contributed by atoms with Crippen LogP contribution in [0.3, 0.4) is 0 Å². The zero-order valence-corrected chi connectivity index (χ0v) is 12.7. The molecule has 0 heterocycles. The average molecular weight is 385 g/mol. The van der Waals surface area contributed by atoms with Gasteiger partial charge in [-0.3, -0.25) is 0 Å². The van der Waals surface area contributed by atoms with Crippen LogP contribution in [0, 0.1) is 17.1 Å². The Labute approximate surface area is 126 Å². The molecule has 0 aliphatic rings. The van der Waals surface area contributed by atoms with E-state index in [-0.39, 0.29) is 5.69 Å². The molecule has 2 aromatic rings. The van der Waals surface area contributed by atoms with Crippen molar-refractivity contribution < 1.29 is 4.39 Å². The Bertz CT molecular complexity index is 680. The zero-order valence-electron chi connectivity index (χ0n) is 9.55. The number of nitrogen functional groups attached to an aromatic ring is 1. The zero-order chi connectivity index (χ0) is 14.0. The van der Waals surface area contributed by atoms with Crippen LogP contribution >= 0.6 is 31.9 Å². The summed E-state index contributed by atoms with van der Waals surface area (Å²) in [6.07, 6.45) is 0. The number of rotatable bonds is 2. The Kier molecular flexibility index (Phi) is 4.08. The van der Waals surface area contributed by atoms with Gasteiger partial charge >= 0.3 is 0 Å². The molecule has 0 aliphatic heterocycles. The lowest BCUT2D eigenvalue weighted by Crippen LogP contribution is -1.99. The van der Waals surface area contributed by atoms with Crippen molar-refractivity contribution in [1.29, 1.82) is 5.26 Å². The van der Waals surface area contributed by atoms with Crippen LogP contribution in [-0.2, 0) is 0 Å². The number of anilines is 3. The highest BCUT2D eigenvalue weighted by molar-refractivity contribution is 9.10. The Morgan fingerprint density at radius 1 is 1.16 bits per heavy atom. The van der Waals surface area contributed by atoms with E-state index in [2.05, 4.69) is 43.2 Å². The quantitative estimate of drug-likeness (QED) is 0.746. The van der Waals surface area contributed by atoms with Crippen molar-refractivity contribution in [1.82, 2.24) is 0 Å². The molecule has 0 unspecified atom stereocenters. The smallest absolute Gasteiger partial charge is 0.139 e. The van der Waals surface area contributed by atoms with Crippen LogP contribution in [0.5, 0.6) is 0 Å². The minimum Gasteiger partial charge on any atom is -0.397 e. The predicted molar refractivity (Wildman–Crippen MR) is 80.7 cm³/mol. The molecule has 0 aliphatic carbocycles. The van der Waals surface area contributed by atoms with E-state index in [1.165, 1.54) is 12.1 Å². The van der Waals surface area contributed by atoms with E-state index in [0.29, 0.717) is 21.4 Å². The summed E-state index contributed by atoms with van der Waals surface area (Å²) in [5.41, 5.74) is 7.62. The number of benzene rings is 2. The number of nitrogens with one attached hydrogen (secondary N) is 1. The van der Waals surface area contributed by atoms with Gasteiger partial charge in [0.05, 0.1) is 27.1 Å². The van der Waals surface area contributed by atoms with E-state index in [1.807, 2.05) is 0 Å². The Balaban J connectivity index is 2.42. The number of nitriles is 1. The Morgan fingerprint density at radius 2 is 1.89 bits per heavy atom.